The lowest BCUT2D eigenvalue weighted by molar-refractivity contribution is 1.34. The van der Waals surface area contributed by atoms with Gasteiger partial charge in [0.15, 0.2) is 0 Å². The Balaban J connectivity index is 2.79. The van der Waals surface area contributed by atoms with Crippen LogP contribution in [0, 0.1) is 6.07 Å². The molecule has 1 nitrogen and oxygen atoms in total. The molecule has 1 aliphatic heterocycles. The molecule has 1 heterocycles. The Bertz CT molecular complexity index is 245. The van der Waals surface area contributed by atoms with Gasteiger partial charge in [0, 0.05) is 11.9 Å². The van der Waals surface area contributed by atoms with Crippen molar-refractivity contribution >= 4 is 0 Å². The molecule has 9 heavy (non-hydrogen) atoms. The Morgan fingerprint density at radius 2 is 2.33 bits per heavy atom. The van der Waals surface area contributed by atoms with Crippen LogP contribution in [0.2, 0.25) is 0 Å². The van der Waals surface area contributed by atoms with Crippen molar-refractivity contribution in [3.63, 3.8) is 0 Å². The number of rotatable bonds is 0. The van der Waals surface area contributed by atoms with E-state index in [1.807, 2.05) is 24.4 Å². The molecular formula is C8H6N. The van der Waals surface area contributed by atoms with E-state index >= 15 is 0 Å². The van der Waals surface area contributed by atoms with Crippen molar-refractivity contribution in [3.05, 3.63) is 36.5 Å². The molecule has 1 heteroatoms. The molecular weight excluding hydrogens is 110 g/mol. The van der Waals surface area contributed by atoms with Crippen molar-refractivity contribution in [1.29, 1.82) is 0 Å². The van der Waals surface area contributed by atoms with Gasteiger partial charge in [0.2, 0.25) is 0 Å². The number of H-pyrrole nitrogens is 1. The molecule has 0 atom stereocenters. The molecule has 1 N–H and O–H groups in total. The van der Waals surface area contributed by atoms with Crippen molar-refractivity contribution in [2.75, 3.05) is 0 Å². The first-order valence-electron chi connectivity index (χ1n) is 2.90. The lowest BCUT2D eigenvalue weighted by Gasteiger charge is -1.93. The number of nitrogens with one attached hydrogen (secondary N) is 1. The maximum atomic E-state index is 3.08. The van der Waals surface area contributed by atoms with Gasteiger partial charge in [-0.05, 0) is 23.8 Å². The van der Waals surface area contributed by atoms with Crippen molar-refractivity contribution < 1.29 is 0 Å². The molecule has 1 radical (unpaired) electrons. The highest BCUT2D eigenvalue weighted by atomic mass is 14.7. The lowest BCUT2D eigenvalue weighted by atomic mass is 10.2. The minimum atomic E-state index is 1.17. The largest absolute Gasteiger partial charge is 0.361 e. The standard InChI is InChI=1S/C8H6N/c1-3-7-4-2-6-9-8(7)5-1/h1,3-6,9H. The first-order valence-corrected chi connectivity index (χ1v) is 2.90. The second-order valence-electron chi connectivity index (χ2n) is 1.99. The zero-order valence-corrected chi connectivity index (χ0v) is 4.89. The Hall–Kier alpha value is -1.24. The number of aromatic amines is 1. The van der Waals surface area contributed by atoms with Gasteiger partial charge in [0.1, 0.15) is 0 Å². The highest BCUT2D eigenvalue weighted by Crippen LogP contribution is 2.17. The Kier molecular flexibility index (Phi) is 0.833. The molecule has 2 aliphatic rings. The van der Waals surface area contributed by atoms with E-state index in [0.29, 0.717) is 0 Å². The zero-order valence-electron chi connectivity index (χ0n) is 4.89. The molecule has 0 aromatic carbocycles. The van der Waals surface area contributed by atoms with Gasteiger partial charge in [-0.15, -0.1) is 0 Å². The second kappa shape index (κ2) is 1.62. The van der Waals surface area contributed by atoms with Gasteiger partial charge in [0.05, 0.1) is 0 Å². The van der Waals surface area contributed by atoms with Crippen LogP contribution in [0.25, 0.3) is 11.3 Å². The van der Waals surface area contributed by atoms with Crippen LogP contribution in [0.15, 0.2) is 30.5 Å². The normalized spacial score (nSPS) is 10.2. The fourth-order valence-corrected chi connectivity index (χ4v) is 0.942. The third-order valence-electron chi connectivity index (χ3n) is 1.40. The molecule has 0 unspecified atom stereocenters. The lowest BCUT2D eigenvalue weighted by Crippen LogP contribution is -1.75. The number of hydrogen-bond donors (Lipinski definition) is 1. The average Bonchev–Trinajstić information content (AvgIpc) is 2.33. The van der Waals surface area contributed by atoms with Gasteiger partial charge in [-0.3, -0.25) is 0 Å². The van der Waals surface area contributed by atoms with E-state index in [9.17, 15) is 0 Å². The Morgan fingerprint density at radius 3 is 3.22 bits per heavy atom. The molecule has 0 amide bonds. The van der Waals surface area contributed by atoms with Crippen LogP contribution in [-0.4, -0.2) is 4.98 Å². The molecule has 0 spiro atoms. The van der Waals surface area contributed by atoms with Gasteiger partial charge in [-0.25, -0.2) is 0 Å². The smallest absolute Gasteiger partial charge is 0.0453 e. The predicted molar refractivity (Wildman–Crippen MR) is 36.3 cm³/mol. The van der Waals surface area contributed by atoms with E-state index in [2.05, 4.69) is 17.1 Å². The van der Waals surface area contributed by atoms with Crippen LogP contribution < -0.4 is 0 Å². The summed E-state index contributed by atoms with van der Waals surface area (Å²) in [5, 5.41) is 0. The third-order valence-corrected chi connectivity index (χ3v) is 1.40. The maximum Gasteiger partial charge on any atom is 0.0453 e. The molecule has 2 rings (SSSR count). The highest BCUT2D eigenvalue weighted by Gasteiger charge is 1.96. The molecule has 0 saturated carbocycles. The van der Waals surface area contributed by atoms with Gasteiger partial charge in [-0.2, -0.15) is 0 Å². The van der Waals surface area contributed by atoms with E-state index in [4.69, 9.17) is 0 Å². The van der Waals surface area contributed by atoms with Crippen LogP contribution in [0.4, 0.5) is 0 Å². The quantitative estimate of drug-likeness (QED) is 0.541. The molecule has 0 bridgehead atoms. The highest BCUT2D eigenvalue weighted by molar-refractivity contribution is 5.61. The molecule has 1 aliphatic carbocycles. The van der Waals surface area contributed by atoms with Crippen molar-refractivity contribution in [2.45, 2.75) is 0 Å². The molecule has 43 valence electrons. The minimum absolute atomic E-state index is 1.17. The van der Waals surface area contributed by atoms with Gasteiger partial charge < -0.3 is 4.98 Å². The summed E-state index contributed by atoms with van der Waals surface area (Å²) in [4.78, 5) is 3.08. The summed E-state index contributed by atoms with van der Waals surface area (Å²) >= 11 is 0. The van der Waals surface area contributed by atoms with E-state index in [1.165, 1.54) is 11.3 Å². The first kappa shape index (κ1) is 4.62. The van der Waals surface area contributed by atoms with Crippen molar-refractivity contribution in [1.82, 2.24) is 4.98 Å². The Morgan fingerprint density at radius 1 is 1.33 bits per heavy atom. The van der Waals surface area contributed by atoms with Crippen LogP contribution in [-0.2, 0) is 0 Å². The fourth-order valence-electron chi connectivity index (χ4n) is 0.942. The predicted octanol–water partition coefficient (Wildman–Crippen LogP) is 1.92. The summed E-state index contributed by atoms with van der Waals surface area (Å²) < 4.78 is 0. The maximum absolute atomic E-state index is 3.08. The molecule has 0 saturated heterocycles. The summed E-state index contributed by atoms with van der Waals surface area (Å²) in [6.07, 6.45) is 1.81. The van der Waals surface area contributed by atoms with Crippen LogP contribution in [0.3, 0.4) is 0 Å². The SMILES string of the molecule is [c]1c[nH]c2cccc-2c1. The van der Waals surface area contributed by atoms with E-state index < -0.39 is 0 Å². The third kappa shape index (κ3) is 0.617. The Labute approximate surface area is 53.7 Å². The van der Waals surface area contributed by atoms with Crippen molar-refractivity contribution in [2.24, 2.45) is 0 Å². The van der Waals surface area contributed by atoms with Crippen LogP contribution in [0.1, 0.15) is 0 Å². The monoisotopic (exact) mass is 116 g/mol. The summed E-state index contributed by atoms with van der Waals surface area (Å²) in [5.41, 5.74) is 2.39. The number of pyridine rings is 1. The van der Waals surface area contributed by atoms with Crippen LogP contribution >= 0.6 is 0 Å². The minimum Gasteiger partial charge on any atom is -0.361 e. The van der Waals surface area contributed by atoms with Crippen LogP contribution in [0.5, 0.6) is 0 Å². The van der Waals surface area contributed by atoms with Gasteiger partial charge >= 0.3 is 0 Å². The summed E-state index contributed by atoms with van der Waals surface area (Å²) in [6.45, 7) is 0. The fraction of sp³-hybridized carbons (Fsp3) is 0. The summed E-state index contributed by atoms with van der Waals surface area (Å²) in [7, 11) is 0. The number of hydrogen-bond acceptors (Lipinski definition) is 0. The topological polar surface area (TPSA) is 15.8 Å². The summed E-state index contributed by atoms with van der Waals surface area (Å²) in [5.74, 6) is 0. The van der Waals surface area contributed by atoms with Crippen molar-refractivity contribution in [3.8, 4) is 11.3 Å². The molecule has 0 aromatic rings. The van der Waals surface area contributed by atoms with E-state index in [1.54, 1.807) is 0 Å². The average molecular weight is 116 g/mol. The van der Waals surface area contributed by atoms with Gasteiger partial charge in [-0.1, -0.05) is 12.1 Å². The second-order valence-corrected chi connectivity index (χ2v) is 1.99. The van der Waals surface area contributed by atoms with E-state index in [-0.39, 0.29) is 0 Å². The summed E-state index contributed by atoms with van der Waals surface area (Å²) in [6, 6.07) is 11.1. The molecule has 0 aromatic heterocycles. The van der Waals surface area contributed by atoms with Gasteiger partial charge in [0.25, 0.3) is 0 Å². The van der Waals surface area contributed by atoms with E-state index in [0.717, 1.165) is 0 Å². The first-order chi connectivity index (χ1) is 4.47. The zero-order chi connectivity index (χ0) is 6.10. The molecule has 0 fully saturated rings. The number of fused-ring (bicyclic) bond motifs is 1. The number of aromatic nitrogens is 1.